The number of esters is 4. The van der Waals surface area contributed by atoms with Gasteiger partial charge in [0.2, 0.25) is 12.4 Å². The summed E-state index contributed by atoms with van der Waals surface area (Å²) in [5.41, 5.74) is 0.328. The van der Waals surface area contributed by atoms with Crippen LogP contribution in [-0.2, 0) is 42.9 Å². The van der Waals surface area contributed by atoms with Crippen LogP contribution in [0.2, 0.25) is 0 Å². The molecule has 0 N–H and O–H groups in total. The Morgan fingerprint density at radius 2 is 1.46 bits per heavy atom. The third kappa shape index (κ3) is 5.96. The first kappa shape index (κ1) is 25.7. The maximum atomic E-state index is 12.5. The first-order valence-electron chi connectivity index (χ1n) is 10.5. The van der Waals surface area contributed by atoms with Gasteiger partial charge in [0.1, 0.15) is 11.3 Å². The van der Waals surface area contributed by atoms with Crippen LogP contribution in [0.15, 0.2) is 33.5 Å². The molecule has 12 nitrogen and oxygen atoms in total. The van der Waals surface area contributed by atoms with Crippen LogP contribution in [0.25, 0.3) is 11.0 Å². The second kappa shape index (κ2) is 10.6. The fourth-order valence-corrected chi connectivity index (χ4v) is 3.69. The molecule has 0 bridgehead atoms. The number of fused-ring (bicyclic) bond motifs is 1. The van der Waals surface area contributed by atoms with Crippen LogP contribution in [0.5, 0.6) is 5.75 Å². The van der Waals surface area contributed by atoms with Gasteiger partial charge in [-0.1, -0.05) is 0 Å². The highest BCUT2D eigenvalue weighted by molar-refractivity contribution is 5.81. The molecule has 3 rings (SSSR count). The number of aryl methyl sites for hydroxylation is 1. The fraction of sp³-hybridized carbons (Fsp3) is 0.435. The molecular formula is C23H24O12. The Labute approximate surface area is 199 Å². The summed E-state index contributed by atoms with van der Waals surface area (Å²) >= 11 is 0. The molecule has 2 heterocycles. The van der Waals surface area contributed by atoms with Crippen molar-refractivity contribution in [2.45, 2.75) is 58.4 Å². The zero-order valence-electron chi connectivity index (χ0n) is 19.6. The minimum atomic E-state index is -1.59. The van der Waals surface area contributed by atoms with Gasteiger partial charge >= 0.3 is 29.5 Å². The lowest BCUT2D eigenvalue weighted by Crippen LogP contribution is -2.64. The van der Waals surface area contributed by atoms with Crippen LogP contribution < -0.4 is 10.4 Å². The van der Waals surface area contributed by atoms with Crippen molar-refractivity contribution in [2.75, 3.05) is 7.11 Å². The third-order valence-electron chi connectivity index (χ3n) is 5.01. The van der Waals surface area contributed by atoms with E-state index in [-0.39, 0.29) is 11.3 Å². The average Bonchev–Trinajstić information content (AvgIpc) is 2.75. The molecule has 0 amide bonds. The molecule has 2 aromatic rings. The van der Waals surface area contributed by atoms with Gasteiger partial charge in [0.25, 0.3) is 0 Å². The number of methoxy groups -OCH3 is 1. The van der Waals surface area contributed by atoms with Crippen LogP contribution in [0.4, 0.5) is 0 Å². The first-order chi connectivity index (χ1) is 16.5. The lowest BCUT2D eigenvalue weighted by Gasteiger charge is -2.43. The summed E-state index contributed by atoms with van der Waals surface area (Å²) in [7, 11) is 1.08. The van der Waals surface area contributed by atoms with E-state index in [9.17, 15) is 24.0 Å². The van der Waals surface area contributed by atoms with Crippen LogP contribution >= 0.6 is 0 Å². The van der Waals surface area contributed by atoms with Crippen molar-refractivity contribution in [3.8, 4) is 5.75 Å². The average molecular weight is 492 g/mol. The van der Waals surface area contributed by atoms with Crippen molar-refractivity contribution in [1.29, 1.82) is 0 Å². The number of benzene rings is 1. The molecule has 1 aliphatic heterocycles. The molecule has 5 atom stereocenters. The molecule has 0 aliphatic carbocycles. The molecule has 1 aliphatic rings. The van der Waals surface area contributed by atoms with Gasteiger partial charge in [-0.15, -0.1) is 0 Å². The Hall–Kier alpha value is -3.93. The van der Waals surface area contributed by atoms with Crippen LogP contribution in [-0.4, -0.2) is 61.7 Å². The second-order valence-electron chi connectivity index (χ2n) is 7.69. The van der Waals surface area contributed by atoms with Crippen molar-refractivity contribution in [3.63, 3.8) is 0 Å². The second-order valence-corrected chi connectivity index (χ2v) is 7.69. The molecular weight excluding hydrogens is 468 g/mol. The van der Waals surface area contributed by atoms with E-state index in [1.165, 1.54) is 18.2 Å². The summed E-state index contributed by atoms with van der Waals surface area (Å²) in [6, 6.07) is 5.92. The number of carbonyl (C=O) groups excluding carboxylic acids is 4. The van der Waals surface area contributed by atoms with E-state index in [1.54, 1.807) is 13.0 Å². The van der Waals surface area contributed by atoms with Gasteiger partial charge in [0.15, 0.2) is 18.3 Å². The SMILES string of the molecule is COC(=O)C1O[C@@H](Oc2ccc3c(C)cc(=O)oc3c2)[C@H](OC(C)=O)[C@@H](OC(C)=O)[C@@H]1OC(C)=O. The fourth-order valence-electron chi connectivity index (χ4n) is 3.69. The van der Waals surface area contributed by atoms with Crippen molar-refractivity contribution in [2.24, 2.45) is 0 Å². The van der Waals surface area contributed by atoms with E-state index < -0.39 is 60.2 Å². The lowest BCUT2D eigenvalue weighted by atomic mass is 9.97. The predicted molar refractivity (Wildman–Crippen MR) is 115 cm³/mol. The minimum absolute atomic E-state index is 0.115. The van der Waals surface area contributed by atoms with Crippen molar-refractivity contribution < 1.29 is 52.0 Å². The van der Waals surface area contributed by atoms with Gasteiger partial charge in [0.05, 0.1) is 7.11 Å². The minimum Gasteiger partial charge on any atom is -0.467 e. The van der Waals surface area contributed by atoms with Crippen molar-refractivity contribution in [3.05, 3.63) is 40.2 Å². The van der Waals surface area contributed by atoms with Gasteiger partial charge < -0.3 is 32.8 Å². The molecule has 1 aromatic heterocycles. The van der Waals surface area contributed by atoms with E-state index in [0.717, 1.165) is 27.9 Å². The van der Waals surface area contributed by atoms with E-state index >= 15 is 0 Å². The molecule has 12 heteroatoms. The molecule has 35 heavy (non-hydrogen) atoms. The Balaban J connectivity index is 2.06. The largest absolute Gasteiger partial charge is 0.467 e. The highest BCUT2D eigenvalue weighted by Gasteiger charge is 2.55. The monoisotopic (exact) mass is 492 g/mol. The van der Waals surface area contributed by atoms with Crippen LogP contribution in [0.3, 0.4) is 0 Å². The first-order valence-corrected chi connectivity index (χ1v) is 10.5. The number of hydrogen-bond acceptors (Lipinski definition) is 12. The number of hydrogen-bond donors (Lipinski definition) is 0. The summed E-state index contributed by atoms with van der Waals surface area (Å²) in [5.74, 6) is -3.25. The number of rotatable bonds is 6. The van der Waals surface area contributed by atoms with Crippen LogP contribution in [0, 0.1) is 6.92 Å². The van der Waals surface area contributed by atoms with Gasteiger partial charge in [0, 0.05) is 38.3 Å². The molecule has 0 spiro atoms. The lowest BCUT2D eigenvalue weighted by molar-refractivity contribution is -0.282. The maximum absolute atomic E-state index is 12.5. The highest BCUT2D eigenvalue weighted by Crippen LogP contribution is 2.32. The molecule has 1 saturated heterocycles. The predicted octanol–water partition coefficient (Wildman–Crippen LogP) is 1.17. The van der Waals surface area contributed by atoms with E-state index in [4.69, 9.17) is 32.8 Å². The molecule has 188 valence electrons. The smallest absolute Gasteiger partial charge is 0.339 e. The molecule has 1 aromatic carbocycles. The molecule has 1 fully saturated rings. The van der Waals surface area contributed by atoms with E-state index in [2.05, 4.69) is 0 Å². The van der Waals surface area contributed by atoms with Crippen molar-refractivity contribution >= 4 is 34.8 Å². The molecule has 0 radical (unpaired) electrons. The standard InChI is InChI=1S/C23H24O12/c1-10-8-17(27)34-16-9-14(6-7-15(10)16)33-23-21(32-13(4)26)19(31-12(3)25)18(30-11(2)24)20(35-23)22(28)29-5/h6-9,18-21,23H,1-5H3/t18-,19-,20?,21+,23+/m0/s1. The van der Waals surface area contributed by atoms with Gasteiger partial charge in [-0.25, -0.2) is 9.59 Å². The zero-order chi connectivity index (χ0) is 25.9. The molecule has 1 unspecified atom stereocenters. The van der Waals surface area contributed by atoms with Gasteiger partial charge in [-0.2, -0.15) is 0 Å². The third-order valence-corrected chi connectivity index (χ3v) is 5.01. The Morgan fingerprint density at radius 1 is 0.857 bits per heavy atom. The highest BCUT2D eigenvalue weighted by atomic mass is 16.7. The summed E-state index contributed by atoms with van der Waals surface area (Å²) in [4.78, 5) is 59.7. The maximum Gasteiger partial charge on any atom is 0.339 e. The summed E-state index contributed by atoms with van der Waals surface area (Å²) in [6.45, 7) is 5.00. The van der Waals surface area contributed by atoms with Gasteiger partial charge in [-0.3, -0.25) is 14.4 Å². The summed E-state index contributed by atoms with van der Waals surface area (Å²) in [5, 5.41) is 0.651. The summed E-state index contributed by atoms with van der Waals surface area (Å²) in [6.07, 6.45) is -7.56. The van der Waals surface area contributed by atoms with Crippen LogP contribution in [0.1, 0.15) is 26.3 Å². The topological polar surface area (TPSA) is 154 Å². The number of carbonyl (C=O) groups is 4. The Morgan fingerprint density at radius 3 is 2.06 bits per heavy atom. The van der Waals surface area contributed by atoms with Gasteiger partial charge in [-0.05, 0) is 24.6 Å². The Bertz CT molecular complexity index is 1200. The quantitative estimate of drug-likeness (QED) is 0.323. The zero-order valence-corrected chi connectivity index (χ0v) is 19.6. The van der Waals surface area contributed by atoms with Crippen molar-refractivity contribution in [1.82, 2.24) is 0 Å². The van der Waals surface area contributed by atoms with E-state index in [0.29, 0.717) is 10.9 Å². The normalized spacial score (nSPS) is 23.7. The molecule has 0 saturated carbocycles. The number of ether oxygens (including phenoxy) is 6. The Kier molecular flexibility index (Phi) is 7.75. The van der Waals surface area contributed by atoms with E-state index in [1.807, 2.05) is 0 Å². The summed E-state index contributed by atoms with van der Waals surface area (Å²) < 4.78 is 37.3.